The van der Waals surface area contributed by atoms with Gasteiger partial charge in [0.15, 0.2) is 0 Å². The van der Waals surface area contributed by atoms with Crippen LogP contribution in [0, 0.1) is 0 Å². The minimum atomic E-state index is -0.431. The molecule has 0 aliphatic carbocycles. The standard InChI is InChI=1S/C17H18N2O4/c1-12(20)19-14-8-6-13(7-9-14)11-23-17(22)10-18-15-4-2-3-5-16(15)21/h2-9,18,21H,10-11H2,1H3,(H,19,20). The minimum Gasteiger partial charge on any atom is -0.506 e. The molecule has 0 saturated heterocycles. The second kappa shape index (κ2) is 7.84. The van der Waals surface area contributed by atoms with Crippen molar-refractivity contribution in [3.8, 4) is 5.75 Å². The second-order valence-electron chi connectivity index (χ2n) is 4.91. The van der Waals surface area contributed by atoms with Gasteiger partial charge in [-0.25, -0.2) is 0 Å². The third-order valence-corrected chi connectivity index (χ3v) is 3.00. The van der Waals surface area contributed by atoms with Gasteiger partial charge in [-0.05, 0) is 29.8 Å². The molecule has 0 aliphatic rings. The van der Waals surface area contributed by atoms with Crippen LogP contribution in [-0.2, 0) is 20.9 Å². The van der Waals surface area contributed by atoms with Crippen molar-refractivity contribution in [2.75, 3.05) is 17.2 Å². The number of para-hydroxylation sites is 2. The van der Waals surface area contributed by atoms with E-state index in [4.69, 9.17) is 4.74 Å². The number of amides is 1. The van der Waals surface area contributed by atoms with Crippen molar-refractivity contribution in [3.05, 3.63) is 54.1 Å². The SMILES string of the molecule is CC(=O)Nc1ccc(COC(=O)CNc2ccccc2O)cc1. The Bertz CT molecular complexity index is 683. The number of phenols is 1. The Kier molecular flexibility index (Phi) is 5.57. The van der Waals surface area contributed by atoms with Gasteiger partial charge in [-0.15, -0.1) is 0 Å². The first-order valence-corrected chi connectivity index (χ1v) is 7.08. The molecule has 0 saturated carbocycles. The van der Waals surface area contributed by atoms with E-state index in [1.807, 2.05) is 0 Å². The van der Waals surface area contributed by atoms with Gasteiger partial charge in [0, 0.05) is 12.6 Å². The molecule has 3 N–H and O–H groups in total. The van der Waals surface area contributed by atoms with Crippen LogP contribution in [0.1, 0.15) is 12.5 Å². The summed E-state index contributed by atoms with van der Waals surface area (Å²) in [4.78, 5) is 22.6. The molecule has 6 nitrogen and oxygen atoms in total. The molecule has 6 heteroatoms. The Balaban J connectivity index is 1.78. The fourth-order valence-electron chi connectivity index (χ4n) is 1.89. The fourth-order valence-corrected chi connectivity index (χ4v) is 1.89. The highest BCUT2D eigenvalue weighted by Gasteiger charge is 2.05. The summed E-state index contributed by atoms with van der Waals surface area (Å²) in [5.74, 6) is -0.493. The first-order valence-electron chi connectivity index (χ1n) is 7.08. The molecule has 2 aromatic carbocycles. The van der Waals surface area contributed by atoms with Gasteiger partial charge >= 0.3 is 5.97 Å². The summed E-state index contributed by atoms with van der Waals surface area (Å²) in [6.45, 7) is 1.54. The average Bonchev–Trinajstić information content (AvgIpc) is 2.53. The van der Waals surface area contributed by atoms with Crippen LogP contribution in [0.15, 0.2) is 48.5 Å². The predicted molar refractivity (Wildman–Crippen MR) is 87.1 cm³/mol. The lowest BCUT2D eigenvalue weighted by Crippen LogP contribution is -2.16. The molecule has 0 heterocycles. The van der Waals surface area contributed by atoms with Crippen LogP contribution >= 0.6 is 0 Å². The number of aromatic hydroxyl groups is 1. The Morgan fingerprint density at radius 1 is 1.09 bits per heavy atom. The Labute approximate surface area is 134 Å². The van der Waals surface area contributed by atoms with E-state index in [0.29, 0.717) is 11.4 Å². The third-order valence-electron chi connectivity index (χ3n) is 3.00. The molecule has 120 valence electrons. The largest absolute Gasteiger partial charge is 0.506 e. The molecule has 0 fully saturated rings. The van der Waals surface area contributed by atoms with E-state index >= 15 is 0 Å². The molecule has 2 rings (SSSR count). The number of esters is 1. The summed E-state index contributed by atoms with van der Waals surface area (Å²) in [5.41, 5.74) is 1.98. The minimum absolute atomic E-state index is 0.0401. The van der Waals surface area contributed by atoms with Crippen molar-refractivity contribution in [2.24, 2.45) is 0 Å². The van der Waals surface area contributed by atoms with Gasteiger partial charge in [-0.2, -0.15) is 0 Å². The molecule has 0 aromatic heterocycles. The predicted octanol–water partition coefficient (Wildman–Crippen LogP) is 2.51. The molecule has 1 amide bonds. The van der Waals surface area contributed by atoms with Crippen LogP contribution in [0.5, 0.6) is 5.75 Å². The Morgan fingerprint density at radius 2 is 1.78 bits per heavy atom. The lowest BCUT2D eigenvalue weighted by Gasteiger charge is -2.09. The molecule has 2 aromatic rings. The summed E-state index contributed by atoms with van der Waals surface area (Å²) in [6.07, 6.45) is 0. The number of carbonyl (C=O) groups is 2. The van der Waals surface area contributed by atoms with Gasteiger partial charge < -0.3 is 20.5 Å². The number of hydrogen-bond acceptors (Lipinski definition) is 5. The van der Waals surface area contributed by atoms with E-state index in [2.05, 4.69) is 10.6 Å². The van der Waals surface area contributed by atoms with Crippen molar-refractivity contribution < 1.29 is 19.4 Å². The molecule has 0 bridgehead atoms. The van der Waals surface area contributed by atoms with Crippen LogP contribution in [0.25, 0.3) is 0 Å². The van der Waals surface area contributed by atoms with Gasteiger partial charge in [0.05, 0.1) is 5.69 Å². The Morgan fingerprint density at radius 3 is 2.43 bits per heavy atom. The number of anilines is 2. The van der Waals surface area contributed by atoms with Crippen LogP contribution in [0.2, 0.25) is 0 Å². The third kappa shape index (κ3) is 5.35. The topological polar surface area (TPSA) is 87.7 Å². The maximum Gasteiger partial charge on any atom is 0.325 e. The van der Waals surface area contributed by atoms with E-state index in [9.17, 15) is 14.7 Å². The van der Waals surface area contributed by atoms with Gasteiger partial charge in [0.1, 0.15) is 18.9 Å². The molecular formula is C17H18N2O4. The highest BCUT2D eigenvalue weighted by molar-refractivity contribution is 5.88. The van der Waals surface area contributed by atoms with Gasteiger partial charge in [0.2, 0.25) is 5.91 Å². The number of phenolic OH excluding ortho intramolecular Hbond substituents is 1. The highest BCUT2D eigenvalue weighted by Crippen LogP contribution is 2.21. The quantitative estimate of drug-likeness (QED) is 0.563. The average molecular weight is 314 g/mol. The normalized spacial score (nSPS) is 9.96. The molecule has 23 heavy (non-hydrogen) atoms. The van der Waals surface area contributed by atoms with Crippen molar-refractivity contribution in [2.45, 2.75) is 13.5 Å². The number of hydrogen-bond donors (Lipinski definition) is 3. The number of ether oxygens (including phenoxy) is 1. The van der Waals surface area contributed by atoms with E-state index in [0.717, 1.165) is 5.56 Å². The lowest BCUT2D eigenvalue weighted by molar-refractivity contribution is -0.142. The fraction of sp³-hybridized carbons (Fsp3) is 0.176. The van der Waals surface area contributed by atoms with Crippen LogP contribution in [0.3, 0.4) is 0 Å². The molecule has 0 atom stereocenters. The maximum atomic E-state index is 11.7. The summed E-state index contributed by atoms with van der Waals surface area (Å²) in [7, 11) is 0. The van der Waals surface area contributed by atoms with Crippen LogP contribution in [-0.4, -0.2) is 23.5 Å². The van der Waals surface area contributed by atoms with Crippen LogP contribution in [0.4, 0.5) is 11.4 Å². The zero-order valence-electron chi connectivity index (χ0n) is 12.7. The second-order valence-corrected chi connectivity index (χ2v) is 4.91. The molecule has 0 spiro atoms. The van der Waals surface area contributed by atoms with Crippen LogP contribution < -0.4 is 10.6 Å². The zero-order chi connectivity index (χ0) is 16.7. The van der Waals surface area contributed by atoms with Crippen molar-refractivity contribution in [1.29, 1.82) is 0 Å². The van der Waals surface area contributed by atoms with E-state index in [-0.39, 0.29) is 24.8 Å². The number of benzene rings is 2. The lowest BCUT2D eigenvalue weighted by atomic mass is 10.2. The first-order chi connectivity index (χ1) is 11.0. The van der Waals surface area contributed by atoms with Crippen molar-refractivity contribution >= 4 is 23.3 Å². The summed E-state index contributed by atoms with van der Waals surface area (Å²) in [6, 6.07) is 13.7. The maximum absolute atomic E-state index is 11.7. The van der Waals surface area contributed by atoms with Gasteiger partial charge in [-0.1, -0.05) is 24.3 Å². The molecule has 0 aliphatic heterocycles. The Hall–Kier alpha value is -3.02. The van der Waals surface area contributed by atoms with E-state index in [1.54, 1.807) is 42.5 Å². The smallest absolute Gasteiger partial charge is 0.325 e. The van der Waals surface area contributed by atoms with E-state index in [1.165, 1.54) is 13.0 Å². The molecular weight excluding hydrogens is 296 g/mol. The van der Waals surface area contributed by atoms with E-state index < -0.39 is 5.97 Å². The first kappa shape index (κ1) is 16.4. The zero-order valence-corrected chi connectivity index (χ0v) is 12.7. The summed E-state index contributed by atoms with van der Waals surface area (Å²) in [5, 5.41) is 15.0. The van der Waals surface area contributed by atoms with Gasteiger partial charge in [-0.3, -0.25) is 9.59 Å². The van der Waals surface area contributed by atoms with Crippen molar-refractivity contribution in [1.82, 2.24) is 0 Å². The number of nitrogens with one attached hydrogen (secondary N) is 2. The van der Waals surface area contributed by atoms with Crippen molar-refractivity contribution in [3.63, 3.8) is 0 Å². The highest BCUT2D eigenvalue weighted by atomic mass is 16.5. The number of rotatable bonds is 6. The monoisotopic (exact) mass is 314 g/mol. The summed E-state index contributed by atoms with van der Waals surface area (Å²) >= 11 is 0. The molecule has 0 radical (unpaired) electrons. The summed E-state index contributed by atoms with van der Waals surface area (Å²) < 4.78 is 5.14. The molecule has 0 unspecified atom stereocenters. The van der Waals surface area contributed by atoms with Gasteiger partial charge in [0.25, 0.3) is 0 Å². The number of carbonyl (C=O) groups excluding carboxylic acids is 2.